The van der Waals surface area contributed by atoms with Crippen molar-refractivity contribution < 1.29 is 5.11 Å². The molecular formula is C19H20N4OS. The molecule has 1 aliphatic carbocycles. The fourth-order valence-electron chi connectivity index (χ4n) is 3.98. The fourth-order valence-corrected chi connectivity index (χ4v) is 5.23. The van der Waals surface area contributed by atoms with Crippen molar-refractivity contribution in [3.63, 3.8) is 0 Å². The van der Waals surface area contributed by atoms with Gasteiger partial charge >= 0.3 is 0 Å². The Morgan fingerprint density at radius 1 is 1.20 bits per heavy atom. The molecule has 6 heteroatoms. The SMILES string of the molecule is OC1CCCN(c2nc(-c3cccnc3)nc3sc4c(c23)CCC4)C1. The topological polar surface area (TPSA) is 62.1 Å². The molecule has 1 fully saturated rings. The molecule has 1 saturated heterocycles. The predicted octanol–water partition coefficient (Wildman–Crippen LogP) is 3.20. The second-order valence-corrected chi connectivity index (χ2v) is 7.98. The molecule has 0 spiro atoms. The van der Waals surface area contributed by atoms with Crippen LogP contribution in [0.1, 0.15) is 29.7 Å². The maximum atomic E-state index is 10.2. The molecule has 25 heavy (non-hydrogen) atoms. The number of aliphatic hydroxyl groups is 1. The third-order valence-electron chi connectivity index (χ3n) is 5.16. The molecule has 5 rings (SSSR count). The second kappa shape index (κ2) is 6.04. The van der Waals surface area contributed by atoms with Gasteiger partial charge < -0.3 is 10.0 Å². The highest BCUT2D eigenvalue weighted by Gasteiger charge is 2.27. The van der Waals surface area contributed by atoms with Crippen molar-refractivity contribution in [1.29, 1.82) is 0 Å². The summed E-state index contributed by atoms with van der Waals surface area (Å²) in [5.41, 5.74) is 2.38. The first-order valence-electron chi connectivity index (χ1n) is 8.95. The van der Waals surface area contributed by atoms with Gasteiger partial charge in [-0.15, -0.1) is 11.3 Å². The summed E-state index contributed by atoms with van der Waals surface area (Å²) in [6.45, 7) is 1.60. The Kier molecular flexibility index (Phi) is 3.68. The smallest absolute Gasteiger partial charge is 0.164 e. The van der Waals surface area contributed by atoms with Gasteiger partial charge in [-0.2, -0.15) is 0 Å². The van der Waals surface area contributed by atoms with E-state index >= 15 is 0 Å². The van der Waals surface area contributed by atoms with E-state index in [0.717, 1.165) is 54.3 Å². The van der Waals surface area contributed by atoms with Gasteiger partial charge in [0, 0.05) is 35.9 Å². The molecule has 0 saturated carbocycles. The van der Waals surface area contributed by atoms with E-state index in [2.05, 4.69) is 9.88 Å². The monoisotopic (exact) mass is 352 g/mol. The number of hydrogen-bond donors (Lipinski definition) is 1. The van der Waals surface area contributed by atoms with Crippen LogP contribution in [-0.4, -0.2) is 39.3 Å². The number of anilines is 1. The van der Waals surface area contributed by atoms with Gasteiger partial charge in [0.2, 0.25) is 0 Å². The van der Waals surface area contributed by atoms with Crippen LogP contribution in [0.25, 0.3) is 21.6 Å². The van der Waals surface area contributed by atoms with Crippen molar-refractivity contribution in [3.05, 3.63) is 35.0 Å². The summed E-state index contributed by atoms with van der Waals surface area (Å²) < 4.78 is 0. The zero-order valence-electron chi connectivity index (χ0n) is 14.0. The van der Waals surface area contributed by atoms with Crippen LogP contribution < -0.4 is 4.90 Å². The molecule has 1 atom stereocenters. The van der Waals surface area contributed by atoms with Crippen molar-refractivity contribution in [2.24, 2.45) is 0 Å². The lowest BCUT2D eigenvalue weighted by atomic mass is 10.1. The van der Waals surface area contributed by atoms with Gasteiger partial charge in [-0.1, -0.05) is 0 Å². The lowest BCUT2D eigenvalue weighted by molar-refractivity contribution is 0.154. The molecule has 1 aliphatic heterocycles. The Morgan fingerprint density at radius 2 is 2.16 bits per heavy atom. The van der Waals surface area contributed by atoms with Gasteiger partial charge in [-0.05, 0) is 49.8 Å². The number of piperidine rings is 1. The van der Waals surface area contributed by atoms with E-state index < -0.39 is 0 Å². The zero-order valence-corrected chi connectivity index (χ0v) is 14.8. The van der Waals surface area contributed by atoms with E-state index in [1.165, 1.54) is 22.2 Å². The summed E-state index contributed by atoms with van der Waals surface area (Å²) >= 11 is 1.81. The molecule has 1 N–H and O–H groups in total. The third-order valence-corrected chi connectivity index (χ3v) is 6.35. The third kappa shape index (κ3) is 2.60. The van der Waals surface area contributed by atoms with Gasteiger partial charge in [0.05, 0.1) is 11.5 Å². The Labute approximate surface area is 150 Å². The molecule has 3 aromatic rings. The van der Waals surface area contributed by atoms with E-state index in [9.17, 15) is 5.11 Å². The van der Waals surface area contributed by atoms with Crippen molar-refractivity contribution in [1.82, 2.24) is 15.0 Å². The molecule has 0 radical (unpaired) electrons. The van der Waals surface area contributed by atoms with Crippen LogP contribution in [0.15, 0.2) is 24.5 Å². The molecule has 2 aliphatic rings. The average Bonchev–Trinajstić information content (AvgIpc) is 3.22. The number of rotatable bonds is 2. The predicted molar refractivity (Wildman–Crippen MR) is 100 cm³/mol. The Bertz CT molecular complexity index is 924. The molecule has 5 nitrogen and oxygen atoms in total. The number of nitrogens with zero attached hydrogens (tertiary/aromatic N) is 4. The van der Waals surface area contributed by atoms with Crippen LogP contribution in [-0.2, 0) is 12.8 Å². The summed E-state index contributed by atoms with van der Waals surface area (Å²) in [5, 5.41) is 11.4. The van der Waals surface area contributed by atoms with Crippen LogP contribution in [0.3, 0.4) is 0 Å². The van der Waals surface area contributed by atoms with E-state index in [0.29, 0.717) is 6.54 Å². The minimum absolute atomic E-state index is 0.271. The Hall–Kier alpha value is -2.05. The lowest BCUT2D eigenvalue weighted by Gasteiger charge is -2.31. The first kappa shape index (κ1) is 15.2. The molecule has 128 valence electrons. The van der Waals surface area contributed by atoms with E-state index in [1.807, 2.05) is 29.7 Å². The maximum Gasteiger partial charge on any atom is 0.164 e. The first-order valence-corrected chi connectivity index (χ1v) is 9.77. The number of hydrogen-bond acceptors (Lipinski definition) is 6. The number of aliphatic hydroxyl groups excluding tert-OH is 1. The largest absolute Gasteiger partial charge is 0.391 e. The quantitative estimate of drug-likeness (QED) is 0.767. The number of aryl methyl sites for hydroxylation is 2. The molecule has 0 bridgehead atoms. The van der Waals surface area contributed by atoms with Crippen LogP contribution in [0.2, 0.25) is 0 Å². The number of aromatic nitrogens is 3. The fraction of sp³-hybridized carbons (Fsp3) is 0.421. The van der Waals surface area contributed by atoms with Crippen molar-refractivity contribution in [2.45, 2.75) is 38.2 Å². The van der Waals surface area contributed by atoms with Crippen LogP contribution in [0, 0.1) is 0 Å². The van der Waals surface area contributed by atoms with Gasteiger partial charge in [-0.25, -0.2) is 9.97 Å². The number of thiophene rings is 1. The van der Waals surface area contributed by atoms with Crippen molar-refractivity contribution in [2.75, 3.05) is 18.0 Å². The minimum atomic E-state index is -0.271. The summed E-state index contributed by atoms with van der Waals surface area (Å²) in [6, 6.07) is 3.92. The number of fused-ring (bicyclic) bond motifs is 3. The first-order chi connectivity index (χ1) is 12.3. The molecular weight excluding hydrogens is 332 g/mol. The van der Waals surface area contributed by atoms with Crippen molar-refractivity contribution >= 4 is 27.4 Å². The number of β-amino-alcohol motifs (C(OH)–C–C–N with tert-alkyl or cyclic N) is 1. The highest BCUT2D eigenvalue weighted by molar-refractivity contribution is 7.19. The lowest BCUT2D eigenvalue weighted by Crippen LogP contribution is -2.39. The summed E-state index contributed by atoms with van der Waals surface area (Å²) in [5.74, 6) is 1.73. The Balaban J connectivity index is 1.72. The standard InChI is InChI=1S/C19H20N4OS/c24-13-5-3-9-23(11-13)18-16-14-6-1-7-15(14)25-19(16)22-17(21-18)12-4-2-8-20-10-12/h2,4,8,10,13,24H,1,3,5-7,9,11H2. The maximum absolute atomic E-state index is 10.2. The molecule has 1 unspecified atom stereocenters. The normalized spacial score (nSPS) is 20.2. The van der Waals surface area contributed by atoms with Crippen LogP contribution >= 0.6 is 11.3 Å². The average molecular weight is 352 g/mol. The molecule has 0 aromatic carbocycles. The van der Waals surface area contributed by atoms with E-state index in [1.54, 1.807) is 6.20 Å². The van der Waals surface area contributed by atoms with Gasteiger partial charge in [0.1, 0.15) is 10.6 Å². The molecule has 3 aromatic heterocycles. The summed E-state index contributed by atoms with van der Waals surface area (Å²) in [7, 11) is 0. The van der Waals surface area contributed by atoms with E-state index in [4.69, 9.17) is 9.97 Å². The minimum Gasteiger partial charge on any atom is -0.391 e. The highest BCUT2D eigenvalue weighted by atomic mass is 32.1. The van der Waals surface area contributed by atoms with E-state index in [-0.39, 0.29) is 6.10 Å². The summed E-state index contributed by atoms with van der Waals surface area (Å²) in [6.07, 6.45) is 8.69. The van der Waals surface area contributed by atoms with Gasteiger partial charge in [-0.3, -0.25) is 4.98 Å². The zero-order chi connectivity index (χ0) is 16.8. The summed E-state index contributed by atoms with van der Waals surface area (Å²) in [4.78, 5) is 18.8. The van der Waals surface area contributed by atoms with Crippen LogP contribution in [0.5, 0.6) is 0 Å². The van der Waals surface area contributed by atoms with Gasteiger partial charge in [0.25, 0.3) is 0 Å². The highest BCUT2D eigenvalue weighted by Crippen LogP contribution is 2.41. The van der Waals surface area contributed by atoms with Crippen molar-refractivity contribution in [3.8, 4) is 11.4 Å². The Morgan fingerprint density at radius 3 is 3.00 bits per heavy atom. The van der Waals surface area contributed by atoms with Crippen LogP contribution in [0.4, 0.5) is 5.82 Å². The van der Waals surface area contributed by atoms with Gasteiger partial charge in [0.15, 0.2) is 5.82 Å². The number of pyridine rings is 1. The molecule has 0 amide bonds. The second-order valence-electron chi connectivity index (χ2n) is 6.89. The molecule has 4 heterocycles.